The van der Waals surface area contributed by atoms with Gasteiger partial charge >= 0.3 is 6.18 Å². The molecule has 0 aliphatic rings. The molecule has 2 heterocycles. The van der Waals surface area contributed by atoms with Crippen LogP contribution in [0, 0.1) is 0 Å². The van der Waals surface area contributed by atoms with Crippen molar-refractivity contribution in [1.82, 2.24) is 4.40 Å². The number of fused-ring (bicyclic) bond motifs is 1. The largest absolute Gasteiger partial charge is 0.418 e. The van der Waals surface area contributed by atoms with Crippen molar-refractivity contribution in [3.63, 3.8) is 0 Å². The van der Waals surface area contributed by atoms with Gasteiger partial charge in [-0.2, -0.15) is 13.2 Å². The Bertz CT molecular complexity index is 820. The fourth-order valence-electron chi connectivity index (χ4n) is 2.43. The highest BCUT2D eigenvalue weighted by molar-refractivity contribution is 5.76. The Morgan fingerprint density at radius 2 is 1.77 bits per heavy atom. The smallest absolute Gasteiger partial charge is 0.329 e. The lowest BCUT2D eigenvalue weighted by Crippen LogP contribution is -2.06. The number of rotatable bonds is 3. The van der Waals surface area contributed by atoms with E-state index in [9.17, 15) is 18.0 Å². The SMILES string of the molecule is O=CNc1ccc(-c2c(C(F)(F)F)cc3ccccn23)cc1. The summed E-state index contributed by atoms with van der Waals surface area (Å²) in [4.78, 5) is 10.4. The average molecular weight is 304 g/mol. The number of hydrogen-bond donors (Lipinski definition) is 1. The van der Waals surface area contributed by atoms with E-state index in [1.165, 1.54) is 4.40 Å². The molecule has 0 aliphatic heterocycles. The van der Waals surface area contributed by atoms with Crippen molar-refractivity contribution in [2.75, 3.05) is 5.32 Å². The number of alkyl halides is 3. The van der Waals surface area contributed by atoms with Crippen LogP contribution in [0.25, 0.3) is 16.8 Å². The molecule has 1 aromatic carbocycles. The van der Waals surface area contributed by atoms with Crippen molar-refractivity contribution < 1.29 is 18.0 Å². The lowest BCUT2D eigenvalue weighted by Gasteiger charge is -2.10. The minimum absolute atomic E-state index is 0.0840. The van der Waals surface area contributed by atoms with E-state index in [-0.39, 0.29) is 5.69 Å². The van der Waals surface area contributed by atoms with E-state index in [0.29, 0.717) is 23.2 Å². The monoisotopic (exact) mass is 304 g/mol. The molecule has 3 nitrogen and oxygen atoms in total. The second kappa shape index (κ2) is 5.22. The molecule has 3 aromatic rings. The van der Waals surface area contributed by atoms with E-state index in [1.54, 1.807) is 48.7 Å². The number of halogens is 3. The number of amides is 1. The first-order valence-electron chi connectivity index (χ1n) is 6.48. The van der Waals surface area contributed by atoms with Gasteiger partial charge in [-0.15, -0.1) is 0 Å². The number of benzene rings is 1. The Hall–Kier alpha value is -2.76. The van der Waals surface area contributed by atoms with Crippen LogP contribution in [0.3, 0.4) is 0 Å². The summed E-state index contributed by atoms with van der Waals surface area (Å²) in [5, 5.41) is 2.45. The third-order valence-corrected chi connectivity index (χ3v) is 3.37. The average Bonchev–Trinajstić information content (AvgIpc) is 2.88. The molecular formula is C16H11F3N2O. The number of hydrogen-bond acceptors (Lipinski definition) is 1. The first-order valence-corrected chi connectivity index (χ1v) is 6.48. The third-order valence-electron chi connectivity index (χ3n) is 3.37. The van der Waals surface area contributed by atoms with E-state index < -0.39 is 11.7 Å². The van der Waals surface area contributed by atoms with Gasteiger partial charge in [0.05, 0.1) is 11.3 Å². The summed E-state index contributed by atoms with van der Waals surface area (Å²) in [7, 11) is 0. The molecule has 112 valence electrons. The van der Waals surface area contributed by atoms with E-state index in [1.807, 2.05) is 0 Å². The number of nitrogens with one attached hydrogen (secondary N) is 1. The predicted octanol–water partition coefficient (Wildman–Crippen LogP) is 4.19. The second-order valence-corrected chi connectivity index (χ2v) is 4.74. The topological polar surface area (TPSA) is 33.5 Å². The van der Waals surface area contributed by atoms with Crippen molar-refractivity contribution in [1.29, 1.82) is 0 Å². The molecule has 22 heavy (non-hydrogen) atoms. The van der Waals surface area contributed by atoms with Gasteiger partial charge in [-0.25, -0.2) is 0 Å². The van der Waals surface area contributed by atoms with E-state index in [0.717, 1.165) is 6.07 Å². The van der Waals surface area contributed by atoms with Crippen molar-refractivity contribution >= 4 is 17.6 Å². The summed E-state index contributed by atoms with van der Waals surface area (Å²) in [6.45, 7) is 0. The highest BCUT2D eigenvalue weighted by Crippen LogP contribution is 2.39. The zero-order valence-corrected chi connectivity index (χ0v) is 11.3. The number of carbonyl (C=O) groups is 1. The Kier molecular flexibility index (Phi) is 3.36. The fourth-order valence-corrected chi connectivity index (χ4v) is 2.43. The molecule has 0 spiro atoms. The van der Waals surface area contributed by atoms with Crippen LogP contribution in [0.5, 0.6) is 0 Å². The summed E-state index contributed by atoms with van der Waals surface area (Å²) in [6, 6.07) is 12.4. The molecule has 0 aliphatic carbocycles. The maximum Gasteiger partial charge on any atom is 0.418 e. The second-order valence-electron chi connectivity index (χ2n) is 4.74. The molecule has 2 aromatic heterocycles. The number of pyridine rings is 1. The molecule has 1 N–H and O–H groups in total. The molecular weight excluding hydrogens is 293 g/mol. The van der Waals surface area contributed by atoms with Gasteiger partial charge in [-0.3, -0.25) is 4.79 Å². The van der Waals surface area contributed by atoms with Gasteiger partial charge in [-0.1, -0.05) is 18.2 Å². The summed E-state index contributed by atoms with van der Waals surface area (Å²) in [5.74, 6) is 0. The van der Waals surface area contributed by atoms with Crippen LogP contribution in [-0.4, -0.2) is 10.8 Å². The number of anilines is 1. The zero-order chi connectivity index (χ0) is 15.7. The van der Waals surface area contributed by atoms with Crippen LogP contribution in [0.15, 0.2) is 54.7 Å². The summed E-state index contributed by atoms with van der Waals surface area (Å²) >= 11 is 0. The maximum absolute atomic E-state index is 13.3. The van der Waals surface area contributed by atoms with Crippen molar-refractivity contribution in [2.45, 2.75) is 6.18 Å². The van der Waals surface area contributed by atoms with E-state index >= 15 is 0 Å². The maximum atomic E-state index is 13.3. The summed E-state index contributed by atoms with van der Waals surface area (Å²) < 4.78 is 41.4. The fraction of sp³-hybridized carbons (Fsp3) is 0.0625. The van der Waals surface area contributed by atoms with E-state index in [4.69, 9.17) is 0 Å². The third kappa shape index (κ3) is 2.43. The molecule has 3 rings (SSSR count). The minimum Gasteiger partial charge on any atom is -0.329 e. The Labute approximate surface area is 124 Å². The Morgan fingerprint density at radius 1 is 1.05 bits per heavy atom. The van der Waals surface area contributed by atoms with Gasteiger partial charge in [0.15, 0.2) is 0 Å². The van der Waals surface area contributed by atoms with Crippen molar-refractivity contribution in [2.24, 2.45) is 0 Å². The van der Waals surface area contributed by atoms with Gasteiger partial charge in [-0.05, 0) is 35.9 Å². The lowest BCUT2D eigenvalue weighted by molar-refractivity contribution is -0.137. The number of carbonyl (C=O) groups excluding carboxylic acids is 1. The first-order chi connectivity index (χ1) is 10.5. The number of aromatic nitrogens is 1. The molecule has 6 heteroatoms. The molecule has 0 bridgehead atoms. The summed E-state index contributed by atoms with van der Waals surface area (Å²) in [5.41, 5.74) is 0.818. The molecule has 0 saturated carbocycles. The van der Waals surface area contributed by atoms with Crippen molar-refractivity contribution in [3.8, 4) is 11.3 Å². The minimum atomic E-state index is -4.44. The van der Waals surface area contributed by atoms with Crippen LogP contribution in [0.2, 0.25) is 0 Å². The summed E-state index contributed by atoms with van der Waals surface area (Å²) in [6.07, 6.45) is -2.33. The first kappa shape index (κ1) is 14.2. The van der Waals surface area contributed by atoms with Crippen LogP contribution in [0.4, 0.5) is 18.9 Å². The molecule has 0 atom stereocenters. The Morgan fingerprint density at radius 3 is 2.41 bits per heavy atom. The van der Waals surface area contributed by atoms with Gasteiger partial charge in [0.2, 0.25) is 6.41 Å². The highest BCUT2D eigenvalue weighted by atomic mass is 19.4. The molecule has 0 saturated heterocycles. The normalized spacial score (nSPS) is 11.6. The van der Waals surface area contributed by atoms with Gasteiger partial charge in [0.1, 0.15) is 0 Å². The molecule has 0 unspecified atom stereocenters. The quantitative estimate of drug-likeness (QED) is 0.723. The Balaban J connectivity index is 2.21. The predicted molar refractivity (Wildman–Crippen MR) is 77.5 cm³/mol. The standard InChI is InChI=1S/C16H11F3N2O/c17-16(18,19)14-9-13-3-1-2-8-21(13)15(14)11-4-6-12(7-5-11)20-10-22/h1-10H,(H,20,22). The highest BCUT2D eigenvalue weighted by Gasteiger charge is 2.36. The molecule has 0 fully saturated rings. The van der Waals surface area contributed by atoms with Crippen molar-refractivity contribution in [3.05, 3.63) is 60.3 Å². The van der Waals surface area contributed by atoms with Crippen LogP contribution in [-0.2, 0) is 11.0 Å². The van der Waals surface area contributed by atoms with Crippen LogP contribution >= 0.6 is 0 Å². The van der Waals surface area contributed by atoms with Gasteiger partial charge in [0, 0.05) is 17.4 Å². The van der Waals surface area contributed by atoms with Crippen LogP contribution in [0.1, 0.15) is 5.56 Å². The van der Waals surface area contributed by atoms with E-state index in [2.05, 4.69) is 5.32 Å². The zero-order valence-electron chi connectivity index (χ0n) is 11.3. The van der Waals surface area contributed by atoms with Gasteiger partial charge in [0.25, 0.3) is 0 Å². The molecule has 1 amide bonds. The number of nitrogens with zero attached hydrogens (tertiary/aromatic N) is 1. The van der Waals surface area contributed by atoms with Crippen LogP contribution < -0.4 is 5.32 Å². The molecule has 0 radical (unpaired) electrons. The van der Waals surface area contributed by atoms with Gasteiger partial charge < -0.3 is 9.72 Å². The lowest BCUT2D eigenvalue weighted by atomic mass is 10.1.